The SMILES string of the molecule is O=CNC(C(=O)O)C(=O)C(=O)C(=O)NC(C(=O)O)C(=O)C(=O)CNC(CCCNC(CCCNC(CCCNC(CCC(=O)O)C(=O)O)C(=O)O)C(=O)O)C(=O)O. The summed E-state index contributed by atoms with van der Waals surface area (Å²) in [7, 11) is 0. The minimum Gasteiger partial charge on any atom is -0.481 e. The predicted molar refractivity (Wildman–Crippen MR) is 182 cm³/mol. The van der Waals surface area contributed by atoms with E-state index < -0.39 is 114 Å². The van der Waals surface area contributed by atoms with E-state index in [1.54, 1.807) is 0 Å². The molecule has 0 aliphatic carbocycles. The van der Waals surface area contributed by atoms with Gasteiger partial charge in [0.2, 0.25) is 23.8 Å². The first kappa shape index (κ1) is 50.8. The molecule has 0 heterocycles. The highest BCUT2D eigenvalue weighted by atomic mass is 16.4. The molecular weight excluding hydrogens is 776 g/mol. The van der Waals surface area contributed by atoms with Crippen LogP contribution in [0.5, 0.6) is 0 Å². The second kappa shape index (κ2) is 26.5. The van der Waals surface area contributed by atoms with Crippen molar-refractivity contribution in [2.75, 3.05) is 26.2 Å². The molecule has 0 radical (unpaired) electrons. The highest BCUT2D eigenvalue weighted by Crippen LogP contribution is 2.05. The van der Waals surface area contributed by atoms with Crippen LogP contribution < -0.4 is 31.9 Å². The Labute approximate surface area is 321 Å². The van der Waals surface area contributed by atoms with Gasteiger partial charge in [-0.1, -0.05) is 0 Å². The first-order chi connectivity index (χ1) is 26.7. The molecule has 6 unspecified atom stereocenters. The van der Waals surface area contributed by atoms with E-state index in [1.165, 1.54) is 10.6 Å². The van der Waals surface area contributed by atoms with Gasteiger partial charge in [0.05, 0.1) is 6.54 Å². The van der Waals surface area contributed by atoms with Gasteiger partial charge in [-0.3, -0.25) is 58.1 Å². The number of ketones is 4. The third-order valence-corrected chi connectivity index (χ3v) is 7.76. The van der Waals surface area contributed by atoms with Crippen molar-refractivity contribution < 1.29 is 98.1 Å². The fourth-order valence-electron chi connectivity index (χ4n) is 4.74. The highest BCUT2D eigenvalue weighted by Gasteiger charge is 2.39. The van der Waals surface area contributed by atoms with E-state index in [1.807, 2.05) is 0 Å². The summed E-state index contributed by atoms with van der Waals surface area (Å²) >= 11 is 0. The van der Waals surface area contributed by atoms with Gasteiger partial charge in [0.25, 0.3) is 11.7 Å². The van der Waals surface area contributed by atoms with Crippen LogP contribution in [0.3, 0.4) is 0 Å². The summed E-state index contributed by atoms with van der Waals surface area (Å²) in [5.74, 6) is -20.5. The second-order valence-electron chi connectivity index (χ2n) is 11.9. The van der Waals surface area contributed by atoms with Crippen LogP contribution in [0.4, 0.5) is 0 Å². The lowest BCUT2D eigenvalue weighted by atomic mass is 10.1. The van der Waals surface area contributed by atoms with E-state index in [0.29, 0.717) is 0 Å². The van der Waals surface area contributed by atoms with Crippen molar-refractivity contribution in [3.63, 3.8) is 0 Å². The molecule has 0 aliphatic heterocycles. The maximum absolute atomic E-state index is 12.4. The fraction of sp³-hybridized carbons (Fsp3) is 0.581. The maximum atomic E-state index is 12.4. The third-order valence-electron chi connectivity index (χ3n) is 7.76. The second-order valence-corrected chi connectivity index (χ2v) is 11.9. The smallest absolute Gasteiger partial charge is 0.334 e. The molecule has 0 saturated heterocycles. The fourth-order valence-corrected chi connectivity index (χ4v) is 4.74. The zero-order chi connectivity index (χ0) is 43.8. The number of amides is 2. The van der Waals surface area contributed by atoms with Crippen molar-refractivity contribution in [3.05, 3.63) is 0 Å². The first-order valence-corrected chi connectivity index (χ1v) is 16.8. The average molecular weight is 821 g/mol. The summed E-state index contributed by atoms with van der Waals surface area (Å²) < 4.78 is 0. The lowest BCUT2D eigenvalue weighted by Crippen LogP contribution is -2.56. The lowest BCUT2D eigenvalue weighted by Gasteiger charge is -2.18. The average Bonchev–Trinajstić information content (AvgIpc) is 3.12. The predicted octanol–water partition coefficient (Wildman–Crippen LogP) is -5.59. The topological polar surface area (TPSA) is 436 Å². The Bertz CT molecular complexity index is 1540. The van der Waals surface area contributed by atoms with E-state index >= 15 is 0 Å². The van der Waals surface area contributed by atoms with Crippen LogP contribution in [0.25, 0.3) is 0 Å². The number of carbonyl (C=O) groups is 13. The molecule has 0 aromatic heterocycles. The number of rotatable bonds is 35. The van der Waals surface area contributed by atoms with Crippen molar-refractivity contribution in [3.8, 4) is 0 Å². The number of Topliss-reactive ketones (excluding diaryl/α,β-unsaturated/α-hetero) is 4. The summed E-state index contributed by atoms with van der Waals surface area (Å²) in [6, 6.07) is -10.2. The molecule has 6 atom stereocenters. The molecule has 0 aliphatic rings. The van der Waals surface area contributed by atoms with E-state index in [4.69, 9.17) is 10.2 Å². The molecule has 0 spiro atoms. The van der Waals surface area contributed by atoms with Crippen molar-refractivity contribution in [2.45, 2.75) is 87.6 Å². The lowest BCUT2D eigenvalue weighted by molar-refractivity contribution is -0.153. The summed E-state index contributed by atoms with van der Waals surface area (Å²) in [4.78, 5) is 151. The van der Waals surface area contributed by atoms with Gasteiger partial charge in [0.15, 0.2) is 12.1 Å². The number of hydrogen-bond acceptors (Lipinski definition) is 17. The summed E-state index contributed by atoms with van der Waals surface area (Å²) in [5, 5.41) is 77.6. The molecule has 57 heavy (non-hydrogen) atoms. The monoisotopic (exact) mass is 820 g/mol. The van der Waals surface area contributed by atoms with Crippen molar-refractivity contribution >= 4 is 77.2 Å². The molecule has 318 valence electrons. The molecule has 0 saturated carbocycles. The summed E-state index contributed by atoms with van der Waals surface area (Å²) in [6.07, 6.45) is -0.689. The molecule has 2 amide bonds. The van der Waals surface area contributed by atoms with Crippen LogP contribution in [-0.2, 0) is 62.3 Å². The van der Waals surface area contributed by atoms with Gasteiger partial charge in [-0.2, -0.15) is 0 Å². The number of carbonyl (C=O) groups excluding carboxylic acids is 6. The van der Waals surface area contributed by atoms with Gasteiger partial charge in [0.1, 0.15) is 24.2 Å². The minimum absolute atomic E-state index is 0.00582. The minimum atomic E-state index is -2.77. The number of carboxylic acids is 7. The van der Waals surface area contributed by atoms with Gasteiger partial charge in [-0.15, -0.1) is 0 Å². The largest absolute Gasteiger partial charge is 0.481 e. The van der Waals surface area contributed by atoms with Crippen LogP contribution in [0, 0.1) is 0 Å². The van der Waals surface area contributed by atoms with E-state index in [9.17, 15) is 87.9 Å². The number of hydrogen-bond donors (Lipinski definition) is 13. The number of aliphatic carboxylic acids is 7. The Morgan fingerprint density at radius 2 is 0.860 bits per heavy atom. The van der Waals surface area contributed by atoms with Crippen LogP contribution >= 0.6 is 0 Å². The molecule has 0 bridgehead atoms. The van der Waals surface area contributed by atoms with Crippen LogP contribution in [-0.4, -0.2) is 175 Å². The Kier molecular flexibility index (Phi) is 23.6. The van der Waals surface area contributed by atoms with Crippen LogP contribution in [0.2, 0.25) is 0 Å². The zero-order valence-corrected chi connectivity index (χ0v) is 30.0. The third kappa shape index (κ3) is 19.8. The maximum Gasteiger partial charge on any atom is 0.334 e. The van der Waals surface area contributed by atoms with E-state index in [0.717, 1.165) is 0 Å². The molecule has 13 N–H and O–H groups in total. The van der Waals surface area contributed by atoms with Crippen molar-refractivity contribution in [2.24, 2.45) is 0 Å². The Morgan fingerprint density at radius 1 is 0.474 bits per heavy atom. The van der Waals surface area contributed by atoms with Gasteiger partial charge in [-0.05, 0) is 64.6 Å². The number of nitrogens with one attached hydrogen (secondary N) is 6. The molecular formula is C31H44N6O20. The Hall–Kier alpha value is -6.25. The molecule has 26 nitrogen and oxygen atoms in total. The molecule has 0 rings (SSSR count). The summed E-state index contributed by atoms with van der Waals surface area (Å²) in [5.41, 5.74) is 0. The molecule has 0 aromatic rings. The molecule has 26 heteroatoms. The number of carboxylic acid groups (broad SMARTS) is 7. The zero-order valence-electron chi connectivity index (χ0n) is 30.0. The van der Waals surface area contributed by atoms with Gasteiger partial charge in [-0.25, -0.2) is 9.59 Å². The highest BCUT2D eigenvalue weighted by molar-refractivity contribution is 6.66. The Morgan fingerprint density at radius 3 is 1.21 bits per heavy atom. The van der Waals surface area contributed by atoms with Crippen LogP contribution in [0.15, 0.2) is 0 Å². The normalized spacial score (nSPS) is 14.0. The van der Waals surface area contributed by atoms with Crippen molar-refractivity contribution in [1.82, 2.24) is 31.9 Å². The van der Waals surface area contributed by atoms with Gasteiger partial charge in [0, 0.05) is 6.42 Å². The van der Waals surface area contributed by atoms with Crippen molar-refractivity contribution in [1.29, 1.82) is 0 Å². The van der Waals surface area contributed by atoms with Gasteiger partial charge < -0.3 is 62.3 Å². The first-order valence-electron chi connectivity index (χ1n) is 16.8. The standard InChI is InChI=1S/C31H44N6O20/c38-13-36-20(30(54)55)23(43)24(44)25(45)37-21(31(56)57)22(42)18(39)12-35-16(28(50)51)6-3-10-33-14(26(46)47)4-1-9-32-15(27(48)49)5-2-11-34-17(29(52)53)7-8-19(40)41/h13-17,20-21,32-35H,1-12H2,(H,36,38)(H,37,45)(H,40,41)(H,46,47)(H,48,49)(H,50,51)(H,52,53)(H,54,55)(H,56,57). The van der Waals surface area contributed by atoms with Gasteiger partial charge >= 0.3 is 41.8 Å². The molecule has 0 fully saturated rings. The Balaban J connectivity index is 4.97. The van der Waals surface area contributed by atoms with Crippen LogP contribution in [0.1, 0.15) is 51.4 Å². The van der Waals surface area contributed by atoms with E-state index in [-0.39, 0.29) is 77.4 Å². The summed E-state index contributed by atoms with van der Waals surface area (Å²) in [6.45, 7) is -1.04. The molecule has 0 aromatic carbocycles. The quantitative estimate of drug-likeness (QED) is 0.0123. The van der Waals surface area contributed by atoms with E-state index in [2.05, 4.69) is 21.3 Å².